The second kappa shape index (κ2) is 11.6. The van der Waals surface area contributed by atoms with E-state index >= 15 is 0 Å². The van der Waals surface area contributed by atoms with E-state index in [0.29, 0.717) is 28.6 Å². The Labute approximate surface area is 233 Å². The molecule has 0 radical (unpaired) electrons. The molecule has 10 heteroatoms. The molecule has 1 aliphatic heterocycles. The number of amides is 3. The van der Waals surface area contributed by atoms with Crippen LogP contribution in [0.15, 0.2) is 76.1 Å². The first-order chi connectivity index (χ1) is 16.8. The van der Waals surface area contributed by atoms with Gasteiger partial charge in [0.2, 0.25) is 5.91 Å². The summed E-state index contributed by atoms with van der Waals surface area (Å²) in [6, 6.07) is 20.2. The summed E-state index contributed by atoms with van der Waals surface area (Å²) < 4.78 is 7.76. The zero-order valence-corrected chi connectivity index (χ0v) is 23.3. The molecule has 0 unspecified atom stereocenters. The largest absolute Gasteiger partial charge is 0.488 e. The molecule has 178 valence electrons. The van der Waals surface area contributed by atoms with E-state index in [1.807, 2.05) is 24.3 Å². The van der Waals surface area contributed by atoms with Crippen molar-refractivity contribution in [1.29, 1.82) is 0 Å². The van der Waals surface area contributed by atoms with Gasteiger partial charge in [0.15, 0.2) is 0 Å². The summed E-state index contributed by atoms with van der Waals surface area (Å²) in [5, 5.41) is 2.48. The Morgan fingerprint density at radius 1 is 1.11 bits per heavy atom. The van der Waals surface area contributed by atoms with Crippen molar-refractivity contribution in [3.8, 4) is 5.75 Å². The van der Waals surface area contributed by atoms with Crippen LogP contribution in [0.4, 0.5) is 10.5 Å². The summed E-state index contributed by atoms with van der Waals surface area (Å²) in [6.07, 6.45) is 1.62. The van der Waals surface area contributed by atoms with E-state index in [1.54, 1.807) is 48.5 Å². The summed E-state index contributed by atoms with van der Waals surface area (Å²) in [6.45, 7) is 0.0201. The highest BCUT2D eigenvalue weighted by molar-refractivity contribution is 14.1. The Morgan fingerprint density at radius 3 is 2.57 bits per heavy atom. The molecule has 1 saturated heterocycles. The highest BCUT2D eigenvalue weighted by Crippen LogP contribution is 2.34. The van der Waals surface area contributed by atoms with E-state index in [2.05, 4.69) is 43.8 Å². The number of imide groups is 1. The van der Waals surface area contributed by atoms with Gasteiger partial charge in [-0.25, -0.2) is 0 Å². The monoisotopic (exact) mass is 682 g/mol. The first kappa shape index (κ1) is 25.7. The van der Waals surface area contributed by atoms with Gasteiger partial charge >= 0.3 is 0 Å². The Bertz CT molecular complexity index is 1330. The van der Waals surface area contributed by atoms with E-state index in [-0.39, 0.29) is 4.91 Å². The summed E-state index contributed by atoms with van der Waals surface area (Å²) in [5.41, 5.74) is 2.18. The standard InChI is InChI=1S/C25H17BrClIN2O4S/c26-18-11-16(7-10-21(18)34-14-15-5-8-17(28)9-6-15)12-22-24(32)30(25(33)35-22)13-23(31)29-20-4-2-1-3-19(20)27/h1-12H,13-14H2,(H,29,31)/b22-12+. The Kier molecular flexibility index (Phi) is 8.53. The maximum absolute atomic E-state index is 12.8. The zero-order chi connectivity index (χ0) is 24.9. The lowest BCUT2D eigenvalue weighted by atomic mass is 10.2. The van der Waals surface area contributed by atoms with E-state index in [0.717, 1.165) is 30.3 Å². The molecular weight excluding hydrogens is 667 g/mol. The second-order valence-electron chi connectivity index (χ2n) is 7.40. The van der Waals surface area contributed by atoms with Crippen molar-refractivity contribution in [2.24, 2.45) is 0 Å². The van der Waals surface area contributed by atoms with Gasteiger partial charge in [0, 0.05) is 3.57 Å². The molecular formula is C25H17BrClIN2O4S. The number of halogens is 3. The number of ether oxygens (including phenoxy) is 1. The van der Waals surface area contributed by atoms with Crippen molar-refractivity contribution in [1.82, 2.24) is 4.90 Å². The Balaban J connectivity index is 1.40. The number of anilines is 1. The van der Waals surface area contributed by atoms with Crippen LogP contribution in [0, 0.1) is 3.57 Å². The van der Waals surface area contributed by atoms with Crippen LogP contribution >= 0.6 is 61.9 Å². The average Bonchev–Trinajstić information content (AvgIpc) is 3.08. The number of benzene rings is 3. The predicted molar refractivity (Wildman–Crippen MR) is 150 cm³/mol. The molecule has 0 atom stereocenters. The molecule has 0 aliphatic carbocycles. The summed E-state index contributed by atoms with van der Waals surface area (Å²) >= 11 is 12.6. The van der Waals surface area contributed by atoms with Gasteiger partial charge in [-0.3, -0.25) is 19.3 Å². The van der Waals surface area contributed by atoms with Crippen molar-refractivity contribution in [3.05, 3.63) is 95.8 Å². The molecule has 0 spiro atoms. The minimum atomic E-state index is -0.524. The topological polar surface area (TPSA) is 75.7 Å². The smallest absolute Gasteiger partial charge is 0.294 e. The molecule has 1 heterocycles. The van der Waals surface area contributed by atoms with Crippen molar-refractivity contribution >= 4 is 90.7 Å². The fourth-order valence-corrected chi connectivity index (χ4v) is 5.04. The molecule has 6 nitrogen and oxygen atoms in total. The maximum Gasteiger partial charge on any atom is 0.294 e. The number of nitrogens with one attached hydrogen (secondary N) is 1. The van der Waals surface area contributed by atoms with Crippen LogP contribution in [-0.4, -0.2) is 28.5 Å². The van der Waals surface area contributed by atoms with Crippen LogP contribution in [-0.2, 0) is 16.2 Å². The molecule has 1 N–H and O–H groups in total. The molecule has 3 aromatic carbocycles. The number of hydrogen-bond donors (Lipinski definition) is 1. The predicted octanol–water partition coefficient (Wildman–Crippen LogP) is 6.96. The summed E-state index contributed by atoms with van der Waals surface area (Å²) in [5.74, 6) is -0.381. The van der Waals surface area contributed by atoms with Crippen LogP contribution in [0.1, 0.15) is 11.1 Å². The minimum absolute atomic E-state index is 0.236. The SMILES string of the molecule is O=C(CN1C(=O)S/C(=C/c2ccc(OCc3ccc(I)cc3)c(Br)c2)C1=O)Nc1ccccc1Cl. The fourth-order valence-electron chi connectivity index (χ4n) is 3.15. The summed E-state index contributed by atoms with van der Waals surface area (Å²) in [7, 11) is 0. The van der Waals surface area contributed by atoms with Crippen LogP contribution in [0.25, 0.3) is 6.08 Å². The van der Waals surface area contributed by atoms with E-state index < -0.39 is 23.6 Å². The molecule has 35 heavy (non-hydrogen) atoms. The number of thioether (sulfide) groups is 1. The van der Waals surface area contributed by atoms with Crippen LogP contribution in [0.3, 0.4) is 0 Å². The fraction of sp³-hybridized carbons (Fsp3) is 0.0800. The molecule has 3 aromatic rings. The molecule has 4 rings (SSSR count). The molecule has 1 fully saturated rings. The number of carbonyl (C=O) groups excluding carboxylic acids is 3. The quantitative estimate of drug-likeness (QED) is 0.215. The zero-order valence-electron chi connectivity index (χ0n) is 18.0. The normalized spacial score (nSPS) is 14.5. The van der Waals surface area contributed by atoms with Crippen LogP contribution in [0.2, 0.25) is 5.02 Å². The Hall–Kier alpha value is -2.34. The first-order valence-corrected chi connectivity index (χ1v) is 13.3. The van der Waals surface area contributed by atoms with Gasteiger partial charge in [0.1, 0.15) is 18.9 Å². The molecule has 1 aliphatic rings. The van der Waals surface area contributed by atoms with Gasteiger partial charge in [-0.1, -0.05) is 41.9 Å². The van der Waals surface area contributed by atoms with Gasteiger partial charge in [0.25, 0.3) is 11.1 Å². The van der Waals surface area contributed by atoms with Gasteiger partial charge in [-0.15, -0.1) is 0 Å². The maximum atomic E-state index is 12.8. The van der Waals surface area contributed by atoms with Crippen LogP contribution in [0.5, 0.6) is 5.75 Å². The van der Waals surface area contributed by atoms with Gasteiger partial charge in [0.05, 0.1) is 20.1 Å². The average molecular weight is 684 g/mol. The van der Waals surface area contributed by atoms with E-state index in [9.17, 15) is 14.4 Å². The van der Waals surface area contributed by atoms with Crippen molar-refractivity contribution in [2.45, 2.75) is 6.61 Å². The first-order valence-electron chi connectivity index (χ1n) is 10.3. The molecule has 0 bridgehead atoms. The van der Waals surface area contributed by atoms with Gasteiger partial charge in [-0.05, 0) is 104 Å². The number of hydrogen-bond acceptors (Lipinski definition) is 5. The lowest BCUT2D eigenvalue weighted by molar-refractivity contribution is -0.127. The highest BCUT2D eigenvalue weighted by atomic mass is 127. The lowest BCUT2D eigenvalue weighted by Gasteiger charge is -2.13. The number of carbonyl (C=O) groups is 3. The lowest BCUT2D eigenvalue weighted by Crippen LogP contribution is -2.36. The van der Waals surface area contributed by atoms with E-state index in [1.165, 1.54) is 0 Å². The number of rotatable bonds is 7. The minimum Gasteiger partial charge on any atom is -0.488 e. The highest BCUT2D eigenvalue weighted by Gasteiger charge is 2.36. The number of para-hydroxylation sites is 1. The van der Waals surface area contributed by atoms with Crippen molar-refractivity contribution in [3.63, 3.8) is 0 Å². The Morgan fingerprint density at radius 2 is 1.86 bits per heavy atom. The number of nitrogens with zero attached hydrogens (tertiary/aromatic N) is 1. The third-order valence-electron chi connectivity index (χ3n) is 4.88. The molecule has 0 saturated carbocycles. The van der Waals surface area contributed by atoms with E-state index in [4.69, 9.17) is 16.3 Å². The van der Waals surface area contributed by atoms with Gasteiger partial charge in [-0.2, -0.15) is 0 Å². The third kappa shape index (κ3) is 6.66. The van der Waals surface area contributed by atoms with Crippen LogP contribution < -0.4 is 10.1 Å². The second-order valence-corrected chi connectivity index (χ2v) is 10.9. The molecule has 0 aromatic heterocycles. The van der Waals surface area contributed by atoms with Crippen molar-refractivity contribution < 1.29 is 19.1 Å². The summed E-state index contributed by atoms with van der Waals surface area (Å²) in [4.78, 5) is 38.7. The van der Waals surface area contributed by atoms with Gasteiger partial charge < -0.3 is 10.1 Å². The third-order valence-corrected chi connectivity index (χ3v) is 7.46. The van der Waals surface area contributed by atoms with Crippen molar-refractivity contribution in [2.75, 3.05) is 11.9 Å². The molecule has 3 amide bonds.